The third kappa shape index (κ3) is 6.63. The van der Waals surface area contributed by atoms with Crippen LogP contribution in [0.1, 0.15) is 25.5 Å². The SMILES string of the molecule is COCC(C)OCC(O)COc1ccc(Cl)cc1[C@H](C)O. The fraction of sp³-hybridized carbons (Fsp3) is 0.600. The second-order valence-corrected chi connectivity index (χ2v) is 5.36. The second-order valence-electron chi connectivity index (χ2n) is 4.92. The lowest BCUT2D eigenvalue weighted by atomic mass is 10.1. The molecule has 0 bridgehead atoms. The largest absolute Gasteiger partial charge is 0.490 e. The summed E-state index contributed by atoms with van der Waals surface area (Å²) < 4.78 is 15.9. The molecule has 1 rings (SSSR count). The monoisotopic (exact) mass is 318 g/mol. The predicted octanol–water partition coefficient (Wildman–Crippen LogP) is 2.18. The molecule has 0 aliphatic carbocycles. The van der Waals surface area contributed by atoms with Crippen molar-refractivity contribution in [3.8, 4) is 5.75 Å². The smallest absolute Gasteiger partial charge is 0.125 e. The lowest BCUT2D eigenvalue weighted by Gasteiger charge is -2.18. The van der Waals surface area contributed by atoms with Crippen molar-refractivity contribution >= 4 is 11.6 Å². The van der Waals surface area contributed by atoms with Crippen LogP contribution in [0.2, 0.25) is 5.02 Å². The van der Waals surface area contributed by atoms with Gasteiger partial charge in [-0.2, -0.15) is 0 Å². The van der Waals surface area contributed by atoms with Crippen LogP contribution in [0.5, 0.6) is 5.75 Å². The Hall–Kier alpha value is -0.850. The van der Waals surface area contributed by atoms with Gasteiger partial charge in [-0.3, -0.25) is 0 Å². The molecule has 0 spiro atoms. The normalized spacial score (nSPS) is 15.5. The average molecular weight is 319 g/mol. The molecule has 0 amide bonds. The fourth-order valence-corrected chi connectivity index (χ4v) is 1.95. The Morgan fingerprint density at radius 1 is 1.14 bits per heavy atom. The summed E-state index contributed by atoms with van der Waals surface area (Å²) in [6.45, 7) is 4.19. The van der Waals surface area contributed by atoms with E-state index in [9.17, 15) is 10.2 Å². The maximum atomic E-state index is 9.83. The Kier molecular flexibility index (Phi) is 8.00. The third-order valence-corrected chi connectivity index (χ3v) is 3.06. The average Bonchev–Trinajstić information content (AvgIpc) is 2.44. The lowest BCUT2D eigenvalue weighted by molar-refractivity contribution is -0.0424. The standard InChI is InChI=1S/C15H23ClO5/c1-10(7-19-3)20-8-13(18)9-21-15-5-4-12(16)6-14(15)11(2)17/h4-6,10-11,13,17-18H,7-9H2,1-3H3/t10?,11-,13?/m0/s1. The minimum Gasteiger partial charge on any atom is -0.490 e. The number of hydrogen-bond donors (Lipinski definition) is 2. The molecule has 21 heavy (non-hydrogen) atoms. The van der Waals surface area contributed by atoms with Crippen LogP contribution in [0, 0.1) is 0 Å². The van der Waals surface area contributed by atoms with Crippen LogP contribution in [-0.4, -0.2) is 49.4 Å². The van der Waals surface area contributed by atoms with Gasteiger partial charge in [-0.25, -0.2) is 0 Å². The van der Waals surface area contributed by atoms with Crippen LogP contribution in [0.3, 0.4) is 0 Å². The molecular weight excluding hydrogens is 296 g/mol. The summed E-state index contributed by atoms with van der Waals surface area (Å²) in [7, 11) is 1.59. The predicted molar refractivity (Wildman–Crippen MR) is 80.9 cm³/mol. The summed E-state index contributed by atoms with van der Waals surface area (Å²) in [6, 6.07) is 4.99. The molecule has 0 aliphatic rings. The number of methoxy groups -OCH3 is 1. The Labute approximate surface area is 130 Å². The molecule has 6 heteroatoms. The van der Waals surface area contributed by atoms with Crippen molar-refractivity contribution in [1.82, 2.24) is 0 Å². The summed E-state index contributed by atoms with van der Waals surface area (Å²) in [5.41, 5.74) is 0.586. The summed E-state index contributed by atoms with van der Waals surface area (Å²) >= 11 is 5.89. The van der Waals surface area contributed by atoms with Gasteiger partial charge >= 0.3 is 0 Å². The molecule has 120 valence electrons. The molecule has 1 aromatic carbocycles. The molecule has 5 nitrogen and oxygen atoms in total. The molecule has 3 atom stereocenters. The van der Waals surface area contributed by atoms with E-state index in [2.05, 4.69) is 0 Å². The van der Waals surface area contributed by atoms with Gasteiger partial charge in [-0.1, -0.05) is 11.6 Å². The van der Waals surface area contributed by atoms with E-state index >= 15 is 0 Å². The third-order valence-electron chi connectivity index (χ3n) is 2.83. The van der Waals surface area contributed by atoms with Gasteiger partial charge in [0.05, 0.1) is 25.4 Å². The Morgan fingerprint density at radius 2 is 1.86 bits per heavy atom. The molecular formula is C15H23ClO5. The van der Waals surface area contributed by atoms with Gasteiger partial charge in [0.15, 0.2) is 0 Å². The van der Waals surface area contributed by atoms with Crippen molar-refractivity contribution < 1.29 is 24.4 Å². The van der Waals surface area contributed by atoms with Gasteiger partial charge in [0.1, 0.15) is 18.5 Å². The summed E-state index contributed by atoms with van der Waals surface area (Å²) in [5, 5.41) is 20.0. The highest BCUT2D eigenvalue weighted by molar-refractivity contribution is 6.30. The van der Waals surface area contributed by atoms with Crippen molar-refractivity contribution in [2.24, 2.45) is 0 Å². The van der Waals surface area contributed by atoms with Crippen LogP contribution in [0.25, 0.3) is 0 Å². The molecule has 0 saturated heterocycles. The molecule has 0 aliphatic heterocycles. The highest BCUT2D eigenvalue weighted by atomic mass is 35.5. The van der Waals surface area contributed by atoms with Gasteiger partial charge in [0.2, 0.25) is 0 Å². The fourth-order valence-electron chi connectivity index (χ4n) is 1.77. The van der Waals surface area contributed by atoms with Crippen molar-refractivity contribution in [3.05, 3.63) is 28.8 Å². The lowest BCUT2D eigenvalue weighted by Crippen LogP contribution is -2.27. The van der Waals surface area contributed by atoms with Crippen LogP contribution in [0.4, 0.5) is 0 Å². The Balaban J connectivity index is 2.47. The minimum atomic E-state index is -0.762. The topological polar surface area (TPSA) is 68.2 Å². The first kappa shape index (κ1) is 18.2. The molecule has 0 radical (unpaired) electrons. The van der Waals surface area contributed by atoms with Crippen molar-refractivity contribution in [1.29, 1.82) is 0 Å². The zero-order valence-electron chi connectivity index (χ0n) is 12.6. The highest BCUT2D eigenvalue weighted by Gasteiger charge is 2.13. The molecule has 2 unspecified atom stereocenters. The Bertz CT molecular complexity index is 425. The number of halogens is 1. The van der Waals surface area contributed by atoms with E-state index in [1.807, 2.05) is 6.92 Å². The molecule has 2 N–H and O–H groups in total. The number of rotatable bonds is 9. The van der Waals surface area contributed by atoms with Gasteiger partial charge in [-0.15, -0.1) is 0 Å². The molecule has 0 aromatic heterocycles. The molecule has 1 aromatic rings. The van der Waals surface area contributed by atoms with E-state index in [0.29, 0.717) is 22.9 Å². The molecule has 0 heterocycles. The highest BCUT2D eigenvalue weighted by Crippen LogP contribution is 2.28. The quantitative estimate of drug-likeness (QED) is 0.730. The van der Waals surface area contributed by atoms with E-state index in [0.717, 1.165) is 0 Å². The summed E-state index contributed by atoms with van der Waals surface area (Å²) in [5.74, 6) is 0.499. The van der Waals surface area contributed by atoms with E-state index < -0.39 is 12.2 Å². The first-order valence-electron chi connectivity index (χ1n) is 6.83. The number of hydrogen-bond acceptors (Lipinski definition) is 5. The van der Waals surface area contributed by atoms with E-state index in [1.54, 1.807) is 32.2 Å². The molecule has 0 fully saturated rings. The second kappa shape index (κ2) is 9.23. The van der Waals surface area contributed by atoms with E-state index in [1.165, 1.54) is 0 Å². The zero-order chi connectivity index (χ0) is 15.8. The van der Waals surface area contributed by atoms with Crippen LogP contribution in [0.15, 0.2) is 18.2 Å². The first-order chi connectivity index (χ1) is 9.93. The van der Waals surface area contributed by atoms with Crippen LogP contribution in [-0.2, 0) is 9.47 Å². The van der Waals surface area contributed by atoms with Crippen molar-refractivity contribution in [2.75, 3.05) is 26.9 Å². The maximum Gasteiger partial charge on any atom is 0.125 e. The number of benzene rings is 1. The molecule has 0 saturated carbocycles. The van der Waals surface area contributed by atoms with Gasteiger partial charge in [0.25, 0.3) is 0 Å². The number of ether oxygens (including phenoxy) is 3. The summed E-state index contributed by atoms with van der Waals surface area (Å²) in [4.78, 5) is 0. The van der Waals surface area contributed by atoms with E-state index in [-0.39, 0.29) is 19.3 Å². The summed E-state index contributed by atoms with van der Waals surface area (Å²) in [6.07, 6.45) is -1.55. The van der Waals surface area contributed by atoms with Crippen LogP contribution >= 0.6 is 11.6 Å². The zero-order valence-corrected chi connectivity index (χ0v) is 13.3. The van der Waals surface area contributed by atoms with Gasteiger partial charge in [-0.05, 0) is 32.0 Å². The van der Waals surface area contributed by atoms with Crippen molar-refractivity contribution in [3.63, 3.8) is 0 Å². The Morgan fingerprint density at radius 3 is 2.48 bits per heavy atom. The first-order valence-corrected chi connectivity index (χ1v) is 7.20. The maximum absolute atomic E-state index is 9.83. The van der Waals surface area contributed by atoms with Gasteiger partial charge in [0, 0.05) is 17.7 Å². The number of aliphatic hydroxyl groups is 2. The van der Waals surface area contributed by atoms with Gasteiger partial charge < -0.3 is 24.4 Å². The number of aliphatic hydroxyl groups excluding tert-OH is 2. The minimum absolute atomic E-state index is 0.0705. The van der Waals surface area contributed by atoms with E-state index in [4.69, 9.17) is 25.8 Å². The van der Waals surface area contributed by atoms with Crippen molar-refractivity contribution in [2.45, 2.75) is 32.2 Å². The van der Waals surface area contributed by atoms with Crippen LogP contribution < -0.4 is 4.74 Å².